The van der Waals surface area contributed by atoms with Crippen LogP contribution in [0.15, 0.2) is 11.4 Å². The number of aromatic nitrogens is 3. The first-order valence-corrected chi connectivity index (χ1v) is 9.08. The van der Waals surface area contributed by atoms with Crippen LogP contribution in [-0.4, -0.2) is 39.8 Å². The molecule has 0 aliphatic heterocycles. The summed E-state index contributed by atoms with van der Waals surface area (Å²) >= 11 is 1.33. The Kier molecular flexibility index (Phi) is 6.94. The summed E-state index contributed by atoms with van der Waals surface area (Å²) in [7, 11) is 0. The minimum Gasteiger partial charge on any atom is -0.461 e. The molecule has 0 radical (unpaired) electrons. The van der Waals surface area contributed by atoms with E-state index in [1.54, 1.807) is 12.3 Å². The maximum absolute atomic E-state index is 12.6. The number of carbonyl (C=O) groups excluding carboxylic acids is 2. The zero-order valence-electron chi connectivity index (χ0n) is 14.8. The van der Waals surface area contributed by atoms with Crippen LogP contribution < -0.4 is 5.32 Å². The molecular formula is C16H19F3N4O3S. The molecule has 0 aromatic carbocycles. The van der Waals surface area contributed by atoms with Crippen LogP contribution in [0.4, 0.5) is 13.2 Å². The van der Waals surface area contributed by atoms with E-state index < -0.39 is 23.7 Å². The lowest BCUT2D eigenvalue weighted by Crippen LogP contribution is -2.29. The van der Waals surface area contributed by atoms with Crippen LogP contribution in [0.5, 0.6) is 0 Å². The number of rotatable bonds is 8. The van der Waals surface area contributed by atoms with Crippen molar-refractivity contribution in [2.75, 3.05) is 13.2 Å². The predicted molar refractivity (Wildman–Crippen MR) is 91.4 cm³/mol. The van der Waals surface area contributed by atoms with Gasteiger partial charge in [0.2, 0.25) is 5.91 Å². The summed E-state index contributed by atoms with van der Waals surface area (Å²) in [6.45, 7) is 3.49. The maximum Gasteiger partial charge on any atom is 0.435 e. The Bertz CT molecular complexity index is 801. The third-order valence-electron chi connectivity index (χ3n) is 3.49. The second-order valence-electron chi connectivity index (χ2n) is 5.63. The molecule has 0 aliphatic rings. The number of hydrogen-bond acceptors (Lipinski definition) is 6. The maximum atomic E-state index is 12.6. The standard InChI is InChI=1S/C16H19F3N4O3S/c1-3-26-15(25)11-9-27-14(21-11)5-4-6-20-13(24)8-23-10(2)7-12(22-23)16(17,18)19/h7,9H,3-6,8H2,1-2H3,(H,20,24). The number of amides is 1. The van der Waals surface area contributed by atoms with Gasteiger partial charge in [-0.05, 0) is 26.3 Å². The lowest BCUT2D eigenvalue weighted by Gasteiger charge is -2.06. The van der Waals surface area contributed by atoms with E-state index in [4.69, 9.17) is 4.74 Å². The summed E-state index contributed by atoms with van der Waals surface area (Å²) in [6.07, 6.45) is -3.40. The number of aryl methyl sites for hydroxylation is 2. The SMILES string of the molecule is CCOC(=O)c1csc(CCCNC(=O)Cn2nc(C(F)(F)F)cc2C)n1. The first kappa shape index (κ1) is 20.9. The number of ether oxygens (including phenoxy) is 1. The van der Waals surface area contributed by atoms with Gasteiger partial charge in [0, 0.05) is 24.0 Å². The summed E-state index contributed by atoms with van der Waals surface area (Å²) < 4.78 is 43.7. The first-order chi connectivity index (χ1) is 12.7. The molecule has 1 N–H and O–H groups in total. The average molecular weight is 404 g/mol. The van der Waals surface area contributed by atoms with Crippen molar-refractivity contribution in [1.82, 2.24) is 20.1 Å². The molecule has 2 aromatic heterocycles. The fourth-order valence-electron chi connectivity index (χ4n) is 2.19. The molecule has 11 heteroatoms. The zero-order chi connectivity index (χ0) is 20.0. The quantitative estimate of drug-likeness (QED) is 0.540. The Labute approximate surface area is 157 Å². The van der Waals surface area contributed by atoms with E-state index >= 15 is 0 Å². The van der Waals surface area contributed by atoms with E-state index in [9.17, 15) is 22.8 Å². The van der Waals surface area contributed by atoms with Gasteiger partial charge in [0.15, 0.2) is 11.4 Å². The van der Waals surface area contributed by atoms with Gasteiger partial charge in [0.05, 0.1) is 11.6 Å². The minimum absolute atomic E-state index is 0.256. The molecule has 2 rings (SSSR count). The number of nitrogens with zero attached hydrogens (tertiary/aromatic N) is 3. The molecule has 0 saturated carbocycles. The second-order valence-corrected chi connectivity index (χ2v) is 6.57. The van der Waals surface area contributed by atoms with Gasteiger partial charge in [-0.1, -0.05) is 0 Å². The van der Waals surface area contributed by atoms with E-state index in [2.05, 4.69) is 15.4 Å². The number of carbonyl (C=O) groups is 2. The van der Waals surface area contributed by atoms with E-state index in [1.165, 1.54) is 18.3 Å². The topological polar surface area (TPSA) is 86.1 Å². The smallest absolute Gasteiger partial charge is 0.435 e. The van der Waals surface area contributed by atoms with Crippen molar-refractivity contribution >= 4 is 23.2 Å². The normalized spacial score (nSPS) is 11.4. The van der Waals surface area contributed by atoms with Gasteiger partial charge in [-0.15, -0.1) is 11.3 Å². The van der Waals surface area contributed by atoms with Gasteiger partial charge in [-0.3, -0.25) is 9.48 Å². The number of halogens is 3. The molecular weight excluding hydrogens is 385 g/mol. The molecule has 27 heavy (non-hydrogen) atoms. The van der Waals surface area contributed by atoms with Crippen LogP contribution in [-0.2, 0) is 28.7 Å². The average Bonchev–Trinajstić information content (AvgIpc) is 3.19. The Morgan fingerprint density at radius 2 is 2.11 bits per heavy atom. The molecule has 1 amide bonds. The monoisotopic (exact) mass is 404 g/mol. The molecule has 148 valence electrons. The highest BCUT2D eigenvalue weighted by molar-refractivity contribution is 7.09. The van der Waals surface area contributed by atoms with Crippen molar-refractivity contribution in [3.8, 4) is 0 Å². The van der Waals surface area contributed by atoms with E-state index in [1.807, 2.05) is 0 Å². The minimum atomic E-state index is -4.54. The Hall–Kier alpha value is -2.43. The van der Waals surface area contributed by atoms with Crippen molar-refractivity contribution in [3.05, 3.63) is 33.5 Å². The van der Waals surface area contributed by atoms with Gasteiger partial charge >= 0.3 is 12.1 Å². The van der Waals surface area contributed by atoms with Crippen molar-refractivity contribution in [2.45, 2.75) is 39.4 Å². The fourth-order valence-corrected chi connectivity index (χ4v) is 3.00. The molecule has 0 saturated heterocycles. The van der Waals surface area contributed by atoms with Gasteiger partial charge in [-0.2, -0.15) is 18.3 Å². The molecule has 0 bridgehead atoms. The van der Waals surface area contributed by atoms with Crippen molar-refractivity contribution in [3.63, 3.8) is 0 Å². The lowest BCUT2D eigenvalue weighted by atomic mass is 10.3. The summed E-state index contributed by atoms with van der Waals surface area (Å²) in [6, 6.07) is 0.900. The Balaban J connectivity index is 1.75. The molecule has 0 spiro atoms. The predicted octanol–water partition coefficient (Wildman–Crippen LogP) is 2.59. The molecule has 0 unspecified atom stereocenters. The van der Waals surface area contributed by atoms with E-state index in [-0.39, 0.29) is 24.5 Å². The summed E-state index contributed by atoms with van der Waals surface area (Å²) in [5.74, 6) is -0.901. The molecule has 2 aromatic rings. The van der Waals surface area contributed by atoms with Crippen LogP contribution in [0.3, 0.4) is 0 Å². The number of nitrogens with one attached hydrogen (secondary N) is 1. The van der Waals surface area contributed by atoms with Crippen molar-refractivity contribution < 1.29 is 27.5 Å². The van der Waals surface area contributed by atoms with Crippen LogP contribution in [0, 0.1) is 6.92 Å². The fraction of sp³-hybridized carbons (Fsp3) is 0.500. The van der Waals surface area contributed by atoms with Crippen LogP contribution in [0.2, 0.25) is 0 Å². The molecule has 0 aliphatic carbocycles. The Morgan fingerprint density at radius 3 is 2.74 bits per heavy atom. The van der Waals surface area contributed by atoms with Gasteiger partial charge < -0.3 is 10.1 Å². The molecule has 2 heterocycles. The number of hydrogen-bond donors (Lipinski definition) is 1. The first-order valence-electron chi connectivity index (χ1n) is 8.20. The van der Waals surface area contributed by atoms with E-state index in [0.29, 0.717) is 19.4 Å². The van der Waals surface area contributed by atoms with Crippen molar-refractivity contribution in [2.24, 2.45) is 0 Å². The molecule has 7 nitrogen and oxygen atoms in total. The number of esters is 1. The highest BCUT2D eigenvalue weighted by Gasteiger charge is 2.34. The summed E-state index contributed by atoms with van der Waals surface area (Å²) in [5.41, 5.74) is -0.503. The summed E-state index contributed by atoms with van der Waals surface area (Å²) in [5, 5.41) is 8.40. The second kappa shape index (κ2) is 8.98. The van der Waals surface area contributed by atoms with Crippen molar-refractivity contribution in [1.29, 1.82) is 0 Å². The zero-order valence-corrected chi connectivity index (χ0v) is 15.6. The highest BCUT2D eigenvalue weighted by atomic mass is 32.1. The van der Waals surface area contributed by atoms with Gasteiger partial charge in [0.25, 0.3) is 0 Å². The number of alkyl halides is 3. The lowest BCUT2D eigenvalue weighted by molar-refractivity contribution is -0.141. The van der Waals surface area contributed by atoms with Crippen LogP contribution in [0.1, 0.15) is 40.2 Å². The Morgan fingerprint density at radius 1 is 1.37 bits per heavy atom. The van der Waals surface area contributed by atoms with Crippen LogP contribution >= 0.6 is 11.3 Å². The third kappa shape index (κ3) is 6.05. The molecule has 0 atom stereocenters. The van der Waals surface area contributed by atoms with E-state index in [0.717, 1.165) is 15.8 Å². The number of thiazole rings is 1. The van der Waals surface area contributed by atoms with Gasteiger partial charge in [0.1, 0.15) is 6.54 Å². The van der Waals surface area contributed by atoms with Gasteiger partial charge in [-0.25, -0.2) is 9.78 Å². The summed E-state index contributed by atoms with van der Waals surface area (Å²) in [4.78, 5) is 27.6. The molecule has 0 fully saturated rings. The highest BCUT2D eigenvalue weighted by Crippen LogP contribution is 2.28. The third-order valence-corrected chi connectivity index (χ3v) is 4.40. The largest absolute Gasteiger partial charge is 0.461 e. The van der Waals surface area contributed by atoms with Crippen LogP contribution in [0.25, 0.3) is 0 Å².